The van der Waals surface area contributed by atoms with E-state index in [-0.39, 0.29) is 5.60 Å². The number of rotatable bonds is 3. The maximum absolute atomic E-state index is 5.81. The van der Waals surface area contributed by atoms with Gasteiger partial charge in [-0.05, 0) is 49.6 Å². The molecule has 2 aromatic rings. The molecule has 0 radical (unpaired) electrons. The van der Waals surface area contributed by atoms with E-state index in [0.717, 1.165) is 11.3 Å². The third-order valence-electron chi connectivity index (χ3n) is 2.80. The third-order valence-corrected chi connectivity index (χ3v) is 2.80. The molecule has 0 spiro atoms. The molecule has 19 heavy (non-hydrogen) atoms. The molecule has 0 bridgehead atoms. The van der Waals surface area contributed by atoms with Crippen molar-refractivity contribution in [2.75, 3.05) is 0 Å². The number of nitrogens with two attached hydrogens (primary N) is 1. The summed E-state index contributed by atoms with van der Waals surface area (Å²) in [5.74, 6) is 0.898. The summed E-state index contributed by atoms with van der Waals surface area (Å²) in [7, 11) is 0. The van der Waals surface area contributed by atoms with Crippen LogP contribution in [0.5, 0.6) is 5.75 Å². The van der Waals surface area contributed by atoms with Crippen molar-refractivity contribution in [1.29, 1.82) is 0 Å². The molecule has 0 heterocycles. The summed E-state index contributed by atoms with van der Waals surface area (Å²) in [6, 6.07) is 16.5. The van der Waals surface area contributed by atoms with Crippen LogP contribution in [-0.2, 0) is 6.54 Å². The second kappa shape index (κ2) is 5.45. The first-order chi connectivity index (χ1) is 8.98. The molecule has 0 amide bonds. The van der Waals surface area contributed by atoms with Gasteiger partial charge in [0.05, 0.1) is 0 Å². The highest BCUT2D eigenvalue weighted by molar-refractivity contribution is 5.64. The lowest BCUT2D eigenvalue weighted by Gasteiger charge is -2.21. The second-order valence-electron chi connectivity index (χ2n) is 5.64. The average Bonchev–Trinajstić information content (AvgIpc) is 2.38. The van der Waals surface area contributed by atoms with Gasteiger partial charge in [0.2, 0.25) is 0 Å². The van der Waals surface area contributed by atoms with E-state index in [9.17, 15) is 0 Å². The van der Waals surface area contributed by atoms with Gasteiger partial charge < -0.3 is 10.5 Å². The Balaban J connectivity index is 2.17. The quantitative estimate of drug-likeness (QED) is 0.900. The van der Waals surface area contributed by atoms with Gasteiger partial charge in [-0.2, -0.15) is 0 Å². The van der Waals surface area contributed by atoms with Gasteiger partial charge in [-0.3, -0.25) is 0 Å². The summed E-state index contributed by atoms with van der Waals surface area (Å²) in [4.78, 5) is 0. The zero-order valence-electron chi connectivity index (χ0n) is 11.8. The fourth-order valence-corrected chi connectivity index (χ4v) is 1.90. The lowest BCUT2D eigenvalue weighted by atomic mass is 10.0. The van der Waals surface area contributed by atoms with Crippen LogP contribution >= 0.6 is 0 Å². The van der Waals surface area contributed by atoms with Crippen LogP contribution < -0.4 is 10.5 Å². The molecule has 2 nitrogen and oxygen atoms in total. The van der Waals surface area contributed by atoms with Gasteiger partial charge in [0, 0.05) is 6.54 Å². The number of benzene rings is 2. The Labute approximate surface area is 115 Å². The maximum Gasteiger partial charge on any atom is 0.120 e. The Morgan fingerprint density at radius 2 is 1.32 bits per heavy atom. The first-order valence-electron chi connectivity index (χ1n) is 6.56. The topological polar surface area (TPSA) is 35.2 Å². The number of hydrogen-bond acceptors (Lipinski definition) is 2. The lowest BCUT2D eigenvalue weighted by Crippen LogP contribution is -2.22. The molecule has 0 aromatic heterocycles. The van der Waals surface area contributed by atoms with Crippen molar-refractivity contribution in [2.24, 2.45) is 5.73 Å². The predicted octanol–water partition coefficient (Wildman–Crippen LogP) is 3.99. The SMILES string of the molecule is CC(C)(C)Oc1ccc(-c2ccc(CN)cc2)cc1. The molecule has 0 aliphatic rings. The van der Waals surface area contributed by atoms with Crippen molar-refractivity contribution in [3.63, 3.8) is 0 Å². The largest absolute Gasteiger partial charge is 0.488 e. The van der Waals surface area contributed by atoms with Crippen LogP contribution in [0.15, 0.2) is 48.5 Å². The minimum absolute atomic E-state index is 0.162. The highest BCUT2D eigenvalue weighted by atomic mass is 16.5. The lowest BCUT2D eigenvalue weighted by molar-refractivity contribution is 0.131. The van der Waals surface area contributed by atoms with Gasteiger partial charge in [0.15, 0.2) is 0 Å². The van der Waals surface area contributed by atoms with Crippen LogP contribution in [0.2, 0.25) is 0 Å². The zero-order chi connectivity index (χ0) is 13.9. The van der Waals surface area contributed by atoms with Crippen LogP contribution in [0.1, 0.15) is 26.3 Å². The molecule has 0 aliphatic heterocycles. The van der Waals surface area contributed by atoms with Crippen LogP contribution in [0.4, 0.5) is 0 Å². The van der Waals surface area contributed by atoms with Crippen molar-refractivity contribution in [3.8, 4) is 16.9 Å². The Bertz CT molecular complexity index is 521. The Kier molecular flexibility index (Phi) is 3.91. The predicted molar refractivity (Wildman–Crippen MR) is 80.2 cm³/mol. The summed E-state index contributed by atoms with van der Waals surface area (Å²) in [6.45, 7) is 6.73. The highest BCUT2D eigenvalue weighted by Gasteiger charge is 2.11. The van der Waals surface area contributed by atoms with Crippen LogP contribution in [-0.4, -0.2) is 5.60 Å². The maximum atomic E-state index is 5.81. The van der Waals surface area contributed by atoms with Crippen molar-refractivity contribution in [1.82, 2.24) is 0 Å². The zero-order valence-corrected chi connectivity index (χ0v) is 11.8. The molecular weight excluding hydrogens is 234 g/mol. The molecule has 0 saturated carbocycles. The van der Waals surface area contributed by atoms with Crippen molar-refractivity contribution in [2.45, 2.75) is 32.9 Å². The average molecular weight is 255 g/mol. The molecule has 2 heteroatoms. The Hall–Kier alpha value is -1.80. The third kappa shape index (κ3) is 3.83. The van der Waals surface area contributed by atoms with Crippen molar-refractivity contribution < 1.29 is 4.74 Å². The molecule has 0 unspecified atom stereocenters. The molecule has 0 fully saturated rings. The van der Waals surface area contributed by atoms with Gasteiger partial charge in [0.1, 0.15) is 11.4 Å². The standard InChI is InChI=1S/C17H21NO/c1-17(2,3)19-16-10-8-15(9-11-16)14-6-4-13(12-18)5-7-14/h4-11H,12,18H2,1-3H3. The summed E-state index contributed by atoms with van der Waals surface area (Å²) >= 11 is 0. The van der Waals surface area contributed by atoms with Crippen LogP contribution in [0, 0.1) is 0 Å². The molecule has 100 valence electrons. The van der Waals surface area contributed by atoms with E-state index in [1.165, 1.54) is 11.1 Å². The minimum atomic E-state index is -0.162. The molecule has 0 aliphatic carbocycles. The summed E-state index contributed by atoms with van der Waals surface area (Å²) in [5.41, 5.74) is 8.97. The van der Waals surface area contributed by atoms with Gasteiger partial charge >= 0.3 is 0 Å². The Morgan fingerprint density at radius 3 is 1.74 bits per heavy atom. The normalized spacial score (nSPS) is 11.4. The van der Waals surface area contributed by atoms with E-state index in [2.05, 4.69) is 36.4 Å². The van der Waals surface area contributed by atoms with E-state index in [1.807, 2.05) is 32.9 Å². The monoisotopic (exact) mass is 255 g/mol. The van der Waals surface area contributed by atoms with E-state index >= 15 is 0 Å². The highest BCUT2D eigenvalue weighted by Crippen LogP contribution is 2.24. The van der Waals surface area contributed by atoms with E-state index in [1.54, 1.807) is 0 Å². The Morgan fingerprint density at radius 1 is 0.842 bits per heavy atom. The fourth-order valence-electron chi connectivity index (χ4n) is 1.90. The van der Waals surface area contributed by atoms with E-state index < -0.39 is 0 Å². The summed E-state index contributed by atoms with van der Waals surface area (Å²) in [6.07, 6.45) is 0. The smallest absolute Gasteiger partial charge is 0.120 e. The summed E-state index contributed by atoms with van der Waals surface area (Å²) in [5, 5.41) is 0. The summed E-state index contributed by atoms with van der Waals surface area (Å²) < 4.78 is 5.81. The van der Waals surface area contributed by atoms with Crippen molar-refractivity contribution >= 4 is 0 Å². The molecule has 2 rings (SSSR count). The van der Waals surface area contributed by atoms with Crippen LogP contribution in [0.3, 0.4) is 0 Å². The van der Waals surface area contributed by atoms with Crippen molar-refractivity contribution in [3.05, 3.63) is 54.1 Å². The first kappa shape index (κ1) is 13.6. The number of ether oxygens (including phenoxy) is 1. The first-order valence-corrected chi connectivity index (χ1v) is 6.56. The second-order valence-corrected chi connectivity index (χ2v) is 5.64. The van der Waals surface area contributed by atoms with Gasteiger partial charge in [0.25, 0.3) is 0 Å². The fraction of sp³-hybridized carbons (Fsp3) is 0.294. The van der Waals surface area contributed by atoms with Gasteiger partial charge in [-0.25, -0.2) is 0 Å². The molecular formula is C17H21NO. The molecule has 2 N–H and O–H groups in total. The number of hydrogen-bond donors (Lipinski definition) is 1. The molecule has 2 aromatic carbocycles. The van der Waals surface area contributed by atoms with E-state index in [0.29, 0.717) is 6.54 Å². The van der Waals surface area contributed by atoms with Gasteiger partial charge in [-0.15, -0.1) is 0 Å². The van der Waals surface area contributed by atoms with E-state index in [4.69, 9.17) is 10.5 Å². The van der Waals surface area contributed by atoms with Gasteiger partial charge in [-0.1, -0.05) is 36.4 Å². The molecule has 0 saturated heterocycles. The molecule has 0 atom stereocenters. The van der Waals surface area contributed by atoms with Crippen LogP contribution in [0.25, 0.3) is 11.1 Å². The minimum Gasteiger partial charge on any atom is -0.488 e.